The number of hydrogen-bond acceptors (Lipinski definition) is 7. The molecule has 0 radical (unpaired) electrons. The van der Waals surface area contributed by atoms with Crippen LogP contribution in [0.2, 0.25) is 0 Å². The quantitative estimate of drug-likeness (QED) is 0.239. The minimum atomic E-state index is -5.32. The van der Waals surface area contributed by atoms with Gasteiger partial charge in [0.05, 0.1) is 6.26 Å². The lowest BCUT2D eigenvalue weighted by atomic mass is 9.89. The molecule has 3 aromatic rings. The molecule has 0 fully saturated rings. The van der Waals surface area contributed by atoms with Gasteiger partial charge in [-0.05, 0) is 12.5 Å². The Morgan fingerprint density at radius 1 is 0.732 bits per heavy atom. The van der Waals surface area contributed by atoms with Crippen molar-refractivity contribution in [2.45, 2.75) is 48.6 Å². The number of furan rings is 1. The van der Waals surface area contributed by atoms with E-state index >= 15 is 0 Å². The standard InChI is InChI=1S/C28H24F6O7/c1-37-25(27(29,30)31,17-9-5-3-6-10-17)23(35)40-21-14-13-20-19(15-16-39-20)22(21)41-24(36)26(38-2,28(32,33)34)18-11-7-4-8-12-18/h3-12,15-16,21-22H,13-14H2,1-2H3/t21-,22+,25+,26+/m0/s1. The van der Waals surface area contributed by atoms with Crippen LogP contribution in [0.3, 0.4) is 0 Å². The molecular formula is C28H24F6O7. The van der Waals surface area contributed by atoms with E-state index in [2.05, 4.69) is 0 Å². The van der Waals surface area contributed by atoms with Crippen LogP contribution in [0.5, 0.6) is 0 Å². The summed E-state index contributed by atoms with van der Waals surface area (Å²) in [5.74, 6) is -3.62. The van der Waals surface area contributed by atoms with Crippen LogP contribution >= 0.6 is 0 Å². The lowest BCUT2D eigenvalue weighted by Gasteiger charge is -2.38. The van der Waals surface area contributed by atoms with Gasteiger partial charge in [0.25, 0.3) is 11.2 Å². The molecule has 0 saturated carbocycles. The highest BCUT2D eigenvalue weighted by Crippen LogP contribution is 2.47. The second-order valence-electron chi connectivity index (χ2n) is 9.11. The minimum Gasteiger partial charge on any atom is -0.469 e. The number of carbonyl (C=O) groups excluding carboxylic acids is 2. The Balaban J connectivity index is 1.74. The lowest BCUT2D eigenvalue weighted by Crippen LogP contribution is -2.54. The van der Waals surface area contributed by atoms with Crippen LogP contribution in [-0.4, -0.2) is 44.6 Å². The van der Waals surface area contributed by atoms with Crippen molar-refractivity contribution in [3.8, 4) is 0 Å². The number of halogens is 6. The molecule has 0 amide bonds. The van der Waals surface area contributed by atoms with E-state index in [9.17, 15) is 35.9 Å². The molecule has 0 N–H and O–H groups in total. The molecule has 4 atom stereocenters. The lowest BCUT2D eigenvalue weighted by molar-refractivity contribution is -0.286. The topological polar surface area (TPSA) is 84.2 Å². The van der Waals surface area contributed by atoms with Crippen LogP contribution in [0.4, 0.5) is 26.3 Å². The van der Waals surface area contributed by atoms with Gasteiger partial charge in [0, 0.05) is 37.3 Å². The zero-order valence-electron chi connectivity index (χ0n) is 21.6. The van der Waals surface area contributed by atoms with Gasteiger partial charge in [0.1, 0.15) is 11.9 Å². The van der Waals surface area contributed by atoms with Crippen molar-refractivity contribution in [3.63, 3.8) is 0 Å². The van der Waals surface area contributed by atoms with Gasteiger partial charge >= 0.3 is 24.3 Å². The van der Waals surface area contributed by atoms with Gasteiger partial charge in [-0.3, -0.25) is 0 Å². The van der Waals surface area contributed by atoms with Gasteiger partial charge in [-0.15, -0.1) is 0 Å². The molecule has 1 aromatic heterocycles. The summed E-state index contributed by atoms with van der Waals surface area (Å²) in [5, 5.41) is 0. The van der Waals surface area contributed by atoms with Crippen LogP contribution in [-0.2, 0) is 46.2 Å². The SMILES string of the molecule is CO[C@@](C(=O)O[C@H]1CCc2occc2[C@H]1OC(=O)[C@](OC)(c1ccccc1)C(F)(F)F)(c1ccccc1)C(F)(F)F. The zero-order valence-corrected chi connectivity index (χ0v) is 21.6. The van der Waals surface area contributed by atoms with Crippen LogP contribution in [0.25, 0.3) is 0 Å². The first kappa shape index (κ1) is 30.1. The summed E-state index contributed by atoms with van der Waals surface area (Å²) < 4.78 is 112. The number of methoxy groups -OCH3 is 2. The minimum absolute atomic E-state index is 0.0253. The van der Waals surface area contributed by atoms with Crippen molar-refractivity contribution in [1.29, 1.82) is 0 Å². The van der Waals surface area contributed by atoms with Gasteiger partial charge < -0.3 is 23.4 Å². The van der Waals surface area contributed by atoms with E-state index in [1.54, 1.807) is 0 Å². The zero-order chi connectivity index (χ0) is 30.1. The third-order valence-electron chi connectivity index (χ3n) is 6.92. The van der Waals surface area contributed by atoms with Crippen molar-refractivity contribution >= 4 is 11.9 Å². The summed E-state index contributed by atoms with van der Waals surface area (Å²) >= 11 is 0. The number of ether oxygens (including phenoxy) is 4. The van der Waals surface area contributed by atoms with Crippen molar-refractivity contribution in [1.82, 2.24) is 0 Å². The molecule has 1 aliphatic carbocycles. The van der Waals surface area contributed by atoms with Gasteiger partial charge in [0.2, 0.25) is 0 Å². The first-order valence-electron chi connectivity index (χ1n) is 12.2. The van der Waals surface area contributed by atoms with Gasteiger partial charge in [-0.25, -0.2) is 9.59 Å². The highest BCUT2D eigenvalue weighted by molar-refractivity contribution is 5.84. The number of esters is 2. The van der Waals surface area contributed by atoms with Gasteiger partial charge in [-0.2, -0.15) is 26.3 Å². The van der Waals surface area contributed by atoms with E-state index in [1.807, 2.05) is 0 Å². The molecule has 0 unspecified atom stereocenters. The van der Waals surface area contributed by atoms with Crippen molar-refractivity contribution in [3.05, 3.63) is 95.4 Å². The molecule has 41 heavy (non-hydrogen) atoms. The average molecular weight is 586 g/mol. The number of fused-ring (bicyclic) bond motifs is 1. The average Bonchev–Trinajstić information content (AvgIpc) is 3.40. The summed E-state index contributed by atoms with van der Waals surface area (Å²) in [6.45, 7) is 0. The number of rotatable bonds is 8. The van der Waals surface area contributed by atoms with Gasteiger partial charge in [-0.1, -0.05) is 60.7 Å². The Bertz CT molecular complexity index is 1360. The van der Waals surface area contributed by atoms with E-state index < -0.39 is 58.8 Å². The summed E-state index contributed by atoms with van der Waals surface area (Å²) in [5.41, 5.74) is -8.34. The summed E-state index contributed by atoms with van der Waals surface area (Å²) in [4.78, 5) is 26.7. The Labute approximate surface area is 229 Å². The van der Waals surface area contributed by atoms with Crippen molar-refractivity contribution in [2.24, 2.45) is 0 Å². The Hall–Kier alpha value is -3.84. The molecule has 2 aromatic carbocycles. The maximum atomic E-state index is 14.5. The maximum absolute atomic E-state index is 14.5. The fraction of sp³-hybridized carbons (Fsp3) is 0.357. The van der Waals surface area contributed by atoms with E-state index in [0.717, 1.165) is 24.3 Å². The monoisotopic (exact) mass is 586 g/mol. The molecular weight excluding hydrogens is 562 g/mol. The van der Waals surface area contributed by atoms with Gasteiger partial charge in [0.15, 0.2) is 6.10 Å². The highest BCUT2D eigenvalue weighted by atomic mass is 19.4. The largest absolute Gasteiger partial charge is 0.469 e. The molecule has 13 heteroatoms. The van der Waals surface area contributed by atoms with Crippen LogP contribution in [0.1, 0.15) is 35.0 Å². The predicted octanol–water partition coefficient (Wildman–Crippen LogP) is 5.93. The summed E-state index contributed by atoms with van der Waals surface area (Å²) in [7, 11) is 1.34. The number of carbonyl (C=O) groups is 2. The van der Waals surface area contributed by atoms with Crippen LogP contribution in [0.15, 0.2) is 77.4 Å². The third kappa shape index (κ3) is 5.08. The van der Waals surface area contributed by atoms with Crippen molar-refractivity contribution in [2.75, 3.05) is 14.2 Å². The van der Waals surface area contributed by atoms with E-state index in [-0.39, 0.29) is 24.2 Å². The molecule has 220 valence electrons. The second-order valence-corrected chi connectivity index (χ2v) is 9.11. The fourth-order valence-corrected chi connectivity index (χ4v) is 4.89. The number of hydrogen-bond donors (Lipinski definition) is 0. The Kier molecular flexibility index (Phi) is 8.23. The summed E-state index contributed by atoms with van der Waals surface area (Å²) in [6.07, 6.45) is -13.1. The molecule has 7 nitrogen and oxygen atoms in total. The molecule has 4 rings (SSSR count). The van der Waals surface area contributed by atoms with E-state index in [0.29, 0.717) is 14.2 Å². The predicted molar refractivity (Wildman–Crippen MR) is 128 cm³/mol. The summed E-state index contributed by atoms with van der Waals surface area (Å²) in [6, 6.07) is 13.2. The molecule has 0 bridgehead atoms. The van der Waals surface area contributed by atoms with E-state index in [1.165, 1.54) is 48.7 Å². The maximum Gasteiger partial charge on any atom is 0.432 e. The van der Waals surface area contributed by atoms with E-state index in [4.69, 9.17) is 23.4 Å². The second kappa shape index (κ2) is 11.2. The number of alkyl halides is 6. The molecule has 1 heterocycles. The molecule has 1 aliphatic rings. The third-order valence-corrected chi connectivity index (χ3v) is 6.92. The Morgan fingerprint density at radius 2 is 1.20 bits per heavy atom. The molecule has 0 saturated heterocycles. The van der Waals surface area contributed by atoms with Crippen molar-refractivity contribution < 1.29 is 59.3 Å². The fourth-order valence-electron chi connectivity index (χ4n) is 4.89. The smallest absolute Gasteiger partial charge is 0.432 e. The number of benzene rings is 2. The molecule has 0 spiro atoms. The molecule has 0 aliphatic heterocycles. The first-order chi connectivity index (χ1) is 19.3. The van der Waals surface area contributed by atoms with Crippen LogP contribution in [0, 0.1) is 0 Å². The normalized spacial score (nSPS) is 20.3. The highest BCUT2D eigenvalue weighted by Gasteiger charge is 2.66. The first-order valence-corrected chi connectivity index (χ1v) is 12.2. The number of aryl methyl sites for hydroxylation is 1. The Morgan fingerprint density at radius 3 is 1.63 bits per heavy atom. The van der Waals surface area contributed by atoms with Crippen LogP contribution < -0.4 is 0 Å².